The molecule has 2 amide bonds. The van der Waals surface area contributed by atoms with Crippen molar-refractivity contribution in [1.29, 1.82) is 0 Å². The fraction of sp³-hybridized carbons (Fsp3) is 0.774. The Morgan fingerprint density at radius 3 is 1.31 bits per heavy atom. The van der Waals surface area contributed by atoms with Crippen LogP contribution in [0.2, 0.25) is 87.6 Å². The van der Waals surface area contributed by atoms with Crippen molar-refractivity contribution in [2.24, 2.45) is 0 Å². The third-order valence-corrected chi connectivity index (χ3v) is 29.2. The first-order valence-corrected chi connectivity index (χ1v) is 45.4. The molecule has 5 heterocycles. The van der Waals surface area contributed by atoms with Crippen molar-refractivity contribution < 1.29 is 46.7 Å². The summed E-state index contributed by atoms with van der Waals surface area (Å²) in [5.41, 5.74) is -1.33. The van der Waals surface area contributed by atoms with E-state index in [-0.39, 0.29) is 65.2 Å². The molecule has 0 N–H and O–H groups in total. The monoisotopic (exact) mass is 1370 g/mol. The molecule has 0 radical (unpaired) electrons. The van der Waals surface area contributed by atoms with Gasteiger partial charge in [-0.2, -0.15) is 0 Å². The molecule has 5 rings (SSSR count). The van der Waals surface area contributed by atoms with Gasteiger partial charge in [0.05, 0.1) is 30.1 Å². The summed E-state index contributed by atoms with van der Waals surface area (Å²) in [6.45, 7) is 62.2. The summed E-state index contributed by atoms with van der Waals surface area (Å²) in [5.74, 6) is 2.71. The predicted octanol–water partition coefficient (Wildman–Crippen LogP) is 13.2. The number of hydrogen-bond acceptors (Lipinski definition) is 16. The van der Waals surface area contributed by atoms with Crippen molar-refractivity contribution in [3.8, 4) is 0 Å². The molecular weight excluding hydrogens is 1250 g/mol. The number of amides is 2. The molecule has 3 fully saturated rings. The number of rotatable bonds is 20. The van der Waals surface area contributed by atoms with E-state index < -0.39 is 44.0 Å². The van der Waals surface area contributed by atoms with Crippen LogP contribution in [0.4, 0.5) is 21.2 Å². The van der Waals surface area contributed by atoms with Crippen molar-refractivity contribution in [2.45, 2.75) is 234 Å². The number of aromatic nitrogens is 4. The average Bonchev–Trinajstić information content (AvgIpc) is 3.87. The van der Waals surface area contributed by atoms with Crippen LogP contribution in [0.25, 0.3) is 6.08 Å². The maximum atomic E-state index is 13.4. The molecule has 3 aliphatic rings. The summed E-state index contributed by atoms with van der Waals surface area (Å²) in [7, 11) is -6.22. The van der Waals surface area contributed by atoms with E-state index in [9.17, 15) is 19.2 Å². The van der Waals surface area contributed by atoms with E-state index in [1.807, 2.05) is 75.5 Å². The number of halogens is 1. The molecule has 0 spiro atoms. The van der Waals surface area contributed by atoms with E-state index in [0.717, 1.165) is 12.1 Å². The van der Waals surface area contributed by atoms with Crippen LogP contribution in [0, 0.1) is 0 Å². The van der Waals surface area contributed by atoms with E-state index in [2.05, 4.69) is 156 Å². The van der Waals surface area contributed by atoms with Gasteiger partial charge in [0.2, 0.25) is 0 Å². The van der Waals surface area contributed by atoms with Crippen LogP contribution in [-0.2, 0) is 50.6 Å². The van der Waals surface area contributed by atoms with E-state index in [1.165, 1.54) is 4.57 Å². The van der Waals surface area contributed by atoms with Gasteiger partial charge < -0.3 is 56.7 Å². The van der Waals surface area contributed by atoms with Crippen LogP contribution in [-0.4, -0.2) is 182 Å². The number of piperazine rings is 2. The van der Waals surface area contributed by atoms with Crippen molar-refractivity contribution in [1.82, 2.24) is 28.9 Å². The second-order valence-electron chi connectivity index (χ2n) is 31.6. The van der Waals surface area contributed by atoms with Gasteiger partial charge in [-0.1, -0.05) is 99.0 Å². The molecule has 3 saturated heterocycles. The predicted molar refractivity (Wildman–Crippen MR) is 373 cm³/mol. The maximum absolute atomic E-state index is 13.4. The standard InChI is InChI=1S/C28H52N4O5Si2.C19H33BrN4O4Si.C15H31BO3Si/c1-27(2,3)37-26(34)31-16-14-30(15-17-31)24-25(33)32(22-35-19-20-38(7,8)9)21-23(29-24)13-12-18-36-39(10,11)28(4,5)6;1-19(2,3)28-18(26)23-9-7-22(8-10-23)16-17(25)24(13-15(20)21-16)14-27-11-12-29(4,5)6;1-13(2,3)20(8,9)17-12-10-11-16-18-14(4,5)15(6,7)19-16/h12-13,21H,14-20,22H2,1-11H3;13H,7-12,14H2,1-6H3;10-11H,12H2,1-9H3/b13-12+;;11-10+. The topological polar surface area (TPSA) is 191 Å². The number of hydrogen-bond donors (Lipinski definition) is 0. The fourth-order valence-corrected chi connectivity index (χ4v) is 11.7. The van der Waals surface area contributed by atoms with Crippen LogP contribution in [0.3, 0.4) is 0 Å². The van der Waals surface area contributed by atoms with Gasteiger partial charge in [-0.05, 0) is 140 Å². The molecule has 2 aromatic rings. The first-order chi connectivity index (χ1) is 39.9. The van der Waals surface area contributed by atoms with Gasteiger partial charge >= 0.3 is 19.3 Å². The molecule has 0 atom stereocenters. The molecule has 0 bridgehead atoms. The molecule has 20 nitrogen and oxygen atoms in total. The van der Waals surface area contributed by atoms with Crippen molar-refractivity contribution >= 4 is 85.7 Å². The number of nitrogens with zero attached hydrogens (tertiary/aromatic N) is 8. The van der Waals surface area contributed by atoms with Crippen LogP contribution < -0.4 is 20.9 Å². The van der Waals surface area contributed by atoms with Crippen molar-refractivity contribution in [3.63, 3.8) is 0 Å². The quantitative estimate of drug-likeness (QED) is 0.0897. The van der Waals surface area contributed by atoms with Gasteiger partial charge in [-0.15, -0.1) is 0 Å². The second kappa shape index (κ2) is 31.9. The molecule has 0 saturated carbocycles. The Kier molecular flexibility index (Phi) is 28.6. The third kappa shape index (κ3) is 26.6. The Bertz CT molecular complexity index is 2730. The molecule has 2 aromatic heterocycles. The van der Waals surface area contributed by atoms with Gasteiger partial charge in [0.15, 0.2) is 28.3 Å². The van der Waals surface area contributed by atoms with Crippen LogP contribution in [0.5, 0.6) is 0 Å². The van der Waals surface area contributed by atoms with Crippen LogP contribution in [0.15, 0.2) is 44.7 Å². The minimum absolute atomic E-state index is 0.133. The van der Waals surface area contributed by atoms with Gasteiger partial charge in [0, 0.05) is 94.1 Å². The van der Waals surface area contributed by atoms with E-state index in [0.29, 0.717) is 101 Å². The molecule has 0 aromatic carbocycles. The molecule has 0 unspecified atom stereocenters. The van der Waals surface area contributed by atoms with Gasteiger partial charge in [0.25, 0.3) is 11.1 Å². The lowest BCUT2D eigenvalue weighted by Crippen LogP contribution is -2.51. The zero-order valence-corrected chi connectivity index (χ0v) is 64.8. The summed E-state index contributed by atoms with van der Waals surface area (Å²) in [6, 6.07) is 2.08. The third-order valence-electron chi connectivity index (χ3n) is 16.4. The lowest BCUT2D eigenvalue weighted by molar-refractivity contribution is 0.00578. The summed E-state index contributed by atoms with van der Waals surface area (Å²) in [5, 5.41) is 0.374. The van der Waals surface area contributed by atoms with E-state index >= 15 is 0 Å². The zero-order valence-electron chi connectivity index (χ0n) is 59.2. The Hall–Kier alpha value is -3.45. The Morgan fingerprint density at radius 1 is 0.580 bits per heavy atom. The molecule has 502 valence electrons. The summed E-state index contributed by atoms with van der Waals surface area (Å²) in [6.07, 6.45) is 8.63. The summed E-state index contributed by atoms with van der Waals surface area (Å²) >= 11 is 3.39. The minimum Gasteiger partial charge on any atom is -0.444 e. The lowest BCUT2D eigenvalue weighted by atomic mass is 9.90. The first-order valence-electron chi connectivity index (χ1n) is 31.4. The maximum Gasteiger partial charge on any atom is 0.486 e. The van der Waals surface area contributed by atoms with Gasteiger partial charge in [-0.3, -0.25) is 18.7 Å². The lowest BCUT2D eigenvalue weighted by Gasteiger charge is -2.36. The molecule has 3 aliphatic heterocycles. The molecular formula is C62H116BBrN8O12Si4. The number of ether oxygens (including phenoxy) is 4. The van der Waals surface area contributed by atoms with Crippen LogP contribution in [0.1, 0.15) is 116 Å². The zero-order chi connectivity index (χ0) is 67.3. The normalized spacial score (nSPS) is 17.3. The molecule has 0 aliphatic carbocycles. The largest absolute Gasteiger partial charge is 0.486 e. The van der Waals surface area contributed by atoms with Crippen LogP contribution >= 0.6 is 15.9 Å². The second-order valence-corrected chi connectivity index (χ2v) is 53.3. The highest BCUT2D eigenvalue weighted by Crippen LogP contribution is 2.39. The average molecular weight is 1370 g/mol. The SMILES string of the molecule is CC(C)(C)OC(=O)N1CCN(c2nc(/C=C/CO[Si](C)(C)C(C)(C)C)cn(COCC[Si](C)(C)C)c2=O)CC1.CC(C)(C)OC(=O)N1CCN(c2nc(Br)cn(COCC[Si](C)(C)C)c2=O)CC1.CC1(C)OB(/C=C/CO[Si](C)(C)C(C)(C)C)OC1(C)C. The minimum atomic E-state index is -1.86. The summed E-state index contributed by atoms with van der Waals surface area (Å²) < 4.78 is 50.5. The fourth-order valence-electron chi connectivity index (χ4n) is 7.91. The summed E-state index contributed by atoms with van der Waals surface area (Å²) in [4.78, 5) is 67.3. The van der Waals surface area contributed by atoms with E-state index in [1.54, 1.807) is 26.8 Å². The van der Waals surface area contributed by atoms with E-state index in [4.69, 9.17) is 42.1 Å². The van der Waals surface area contributed by atoms with Gasteiger partial charge in [-0.25, -0.2) is 19.6 Å². The number of carbonyl (C=O) groups is 2. The Balaban J connectivity index is 0.000000364. The highest BCUT2D eigenvalue weighted by Gasteiger charge is 2.50. The van der Waals surface area contributed by atoms with Crippen molar-refractivity contribution in [3.05, 3.63) is 61.5 Å². The smallest absolute Gasteiger partial charge is 0.444 e. The first kappa shape index (κ1) is 78.8. The van der Waals surface area contributed by atoms with Crippen molar-refractivity contribution in [2.75, 3.05) is 88.6 Å². The highest BCUT2D eigenvalue weighted by atomic mass is 79.9. The Morgan fingerprint density at radius 2 is 0.943 bits per heavy atom. The molecule has 88 heavy (non-hydrogen) atoms. The highest BCUT2D eigenvalue weighted by molar-refractivity contribution is 9.10. The number of anilines is 2. The van der Waals surface area contributed by atoms with Gasteiger partial charge in [0.1, 0.15) is 29.3 Å². The molecule has 26 heteroatoms. The number of carbonyl (C=O) groups excluding carboxylic acids is 2. The Labute approximate surface area is 542 Å².